The molecule has 0 saturated heterocycles. The van der Waals surface area contributed by atoms with Crippen LogP contribution in [0.4, 0.5) is 0 Å². The van der Waals surface area contributed by atoms with Gasteiger partial charge in [0.1, 0.15) is 0 Å². The van der Waals surface area contributed by atoms with E-state index in [-0.39, 0.29) is 5.12 Å². The van der Waals surface area contributed by atoms with Gasteiger partial charge in [0.2, 0.25) is 5.12 Å². The molecule has 0 aliphatic rings. The molecule has 0 atom stereocenters. The minimum Gasteiger partial charge on any atom is -0.282 e. The van der Waals surface area contributed by atoms with Crippen LogP contribution in [-0.4, -0.2) is 5.12 Å². The highest BCUT2D eigenvalue weighted by Gasteiger charge is 1.85. The molecule has 0 spiro atoms. The molecule has 0 N–H and O–H groups in total. The van der Waals surface area contributed by atoms with E-state index in [4.69, 9.17) is 0 Å². The molecule has 0 heterocycles. The van der Waals surface area contributed by atoms with Gasteiger partial charge < -0.3 is 0 Å². The van der Waals surface area contributed by atoms with Crippen molar-refractivity contribution in [2.75, 3.05) is 0 Å². The second-order valence-corrected chi connectivity index (χ2v) is 1.60. The van der Waals surface area contributed by atoms with Gasteiger partial charge in [-0.25, -0.2) is 0 Å². The average molecular weight is 115 g/mol. The van der Waals surface area contributed by atoms with Crippen LogP contribution in [0.3, 0.4) is 0 Å². The molecule has 0 fully saturated rings. The summed E-state index contributed by atoms with van der Waals surface area (Å²) in [6.07, 6.45) is 3.95. The summed E-state index contributed by atoms with van der Waals surface area (Å²) >= 11 is 4.25. The molecular formula is C5H7OS. The highest BCUT2D eigenvalue weighted by molar-refractivity contribution is 7.96. The largest absolute Gasteiger partial charge is 0.282 e. The Morgan fingerprint density at radius 2 is 2.43 bits per heavy atom. The van der Waals surface area contributed by atoms with E-state index in [2.05, 4.69) is 12.6 Å². The van der Waals surface area contributed by atoms with Crippen LogP contribution >= 0.6 is 12.6 Å². The minimum absolute atomic E-state index is 0.196. The van der Waals surface area contributed by atoms with Gasteiger partial charge in [-0.05, 0) is 19.6 Å². The zero-order chi connectivity index (χ0) is 5.70. The smallest absolute Gasteiger partial charge is 0.222 e. The topological polar surface area (TPSA) is 17.1 Å². The number of allylic oxidation sites excluding steroid dienone is 2. The Balaban J connectivity index is 3.14. The van der Waals surface area contributed by atoms with Crippen LogP contribution in [0.15, 0.2) is 12.2 Å². The summed E-state index contributed by atoms with van der Waals surface area (Å²) in [6, 6.07) is 0. The molecule has 1 radical (unpaired) electrons. The van der Waals surface area contributed by atoms with Crippen molar-refractivity contribution < 1.29 is 4.79 Å². The fourth-order valence-corrected chi connectivity index (χ4v) is 0.310. The van der Waals surface area contributed by atoms with E-state index in [0.29, 0.717) is 6.42 Å². The van der Waals surface area contributed by atoms with E-state index < -0.39 is 0 Å². The SMILES string of the molecule is C/C=C/CC(=O)[S]. The lowest BCUT2D eigenvalue weighted by Gasteiger charge is -1.75. The monoisotopic (exact) mass is 115 g/mol. The predicted octanol–water partition coefficient (Wildman–Crippen LogP) is 1.68. The van der Waals surface area contributed by atoms with Gasteiger partial charge in [0, 0.05) is 6.42 Å². The van der Waals surface area contributed by atoms with Crippen molar-refractivity contribution in [1.29, 1.82) is 0 Å². The number of carbonyl (C=O) groups excluding carboxylic acids is 1. The summed E-state index contributed by atoms with van der Waals surface area (Å²) in [5, 5.41) is -0.196. The third-order valence-electron chi connectivity index (χ3n) is 0.520. The van der Waals surface area contributed by atoms with Crippen molar-refractivity contribution in [1.82, 2.24) is 0 Å². The first-order valence-corrected chi connectivity index (χ1v) is 2.49. The molecule has 0 aliphatic carbocycles. The molecule has 39 valence electrons. The second-order valence-electron chi connectivity index (χ2n) is 1.15. The van der Waals surface area contributed by atoms with Gasteiger partial charge in [0.15, 0.2) is 0 Å². The van der Waals surface area contributed by atoms with Crippen LogP contribution in [0, 0.1) is 0 Å². The number of carbonyl (C=O) groups is 1. The van der Waals surface area contributed by atoms with E-state index in [9.17, 15) is 4.79 Å². The van der Waals surface area contributed by atoms with E-state index in [1.165, 1.54) is 0 Å². The van der Waals surface area contributed by atoms with Gasteiger partial charge in [-0.2, -0.15) is 0 Å². The summed E-state index contributed by atoms with van der Waals surface area (Å²) in [4.78, 5) is 9.97. The zero-order valence-electron chi connectivity index (χ0n) is 4.18. The normalized spacial score (nSPS) is 9.86. The molecule has 2 heteroatoms. The van der Waals surface area contributed by atoms with Crippen LogP contribution in [0.2, 0.25) is 0 Å². The predicted molar refractivity (Wildman–Crippen MR) is 32.0 cm³/mol. The molecule has 0 rings (SSSR count). The molecule has 0 aromatic carbocycles. The molecule has 0 bridgehead atoms. The van der Waals surface area contributed by atoms with Gasteiger partial charge >= 0.3 is 0 Å². The molecule has 0 aromatic heterocycles. The average Bonchev–Trinajstić information content (AvgIpc) is 1.61. The maximum atomic E-state index is 9.97. The minimum atomic E-state index is -0.196. The van der Waals surface area contributed by atoms with Gasteiger partial charge in [-0.1, -0.05) is 12.2 Å². The fourth-order valence-electron chi connectivity index (χ4n) is 0.214. The quantitative estimate of drug-likeness (QED) is 0.500. The van der Waals surface area contributed by atoms with Crippen LogP contribution in [-0.2, 0) is 4.79 Å². The van der Waals surface area contributed by atoms with Crippen LogP contribution in [0.1, 0.15) is 13.3 Å². The van der Waals surface area contributed by atoms with Crippen LogP contribution in [0.5, 0.6) is 0 Å². The van der Waals surface area contributed by atoms with Gasteiger partial charge in [-0.15, -0.1) is 0 Å². The Kier molecular flexibility index (Phi) is 3.61. The lowest BCUT2D eigenvalue weighted by Crippen LogP contribution is -1.78. The Hall–Kier alpha value is -0.370. The van der Waals surface area contributed by atoms with Crippen molar-refractivity contribution in [3.8, 4) is 0 Å². The third kappa shape index (κ3) is 5.63. The van der Waals surface area contributed by atoms with Gasteiger partial charge in [0.25, 0.3) is 0 Å². The summed E-state index contributed by atoms with van der Waals surface area (Å²) in [5.74, 6) is 0. The Morgan fingerprint density at radius 3 is 2.57 bits per heavy atom. The molecule has 0 aromatic rings. The van der Waals surface area contributed by atoms with E-state index in [1.54, 1.807) is 6.08 Å². The second kappa shape index (κ2) is 3.81. The number of hydrogen-bond acceptors (Lipinski definition) is 1. The lowest BCUT2D eigenvalue weighted by atomic mass is 10.4. The fraction of sp³-hybridized carbons (Fsp3) is 0.400. The highest BCUT2D eigenvalue weighted by atomic mass is 32.1. The first-order chi connectivity index (χ1) is 3.27. The van der Waals surface area contributed by atoms with Gasteiger partial charge in [0.05, 0.1) is 0 Å². The Bertz CT molecular complexity index is 86.1. The molecule has 0 saturated carbocycles. The summed E-state index contributed by atoms with van der Waals surface area (Å²) in [7, 11) is 0. The number of hydrogen-bond donors (Lipinski definition) is 0. The standard InChI is InChI=1S/C5H7OS/c1-2-3-4-5(6)7/h2-3H,4H2,1H3/b3-2+. The van der Waals surface area contributed by atoms with Crippen molar-refractivity contribution in [3.05, 3.63) is 12.2 Å². The summed E-state index contributed by atoms with van der Waals surface area (Å²) in [6.45, 7) is 1.86. The maximum Gasteiger partial charge on any atom is 0.222 e. The summed E-state index contributed by atoms with van der Waals surface area (Å²) < 4.78 is 0. The molecule has 0 aliphatic heterocycles. The lowest BCUT2D eigenvalue weighted by molar-refractivity contribution is -0.110. The zero-order valence-corrected chi connectivity index (χ0v) is 4.99. The Morgan fingerprint density at radius 1 is 1.86 bits per heavy atom. The molecule has 0 amide bonds. The van der Waals surface area contributed by atoms with Crippen molar-refractivity contribution in [2.24, 2.45) is 0 Å². The number of rotatable bonds is 2. The van der Waals surface area contributed by atoms with Crippen LogP contribution < -0.4 is 0 Å². The van der Waals surface area contributed by atoms with Gasteiger partial charge in [-0.3, -0.25) is 4.79 Å². The van der Waals surface area contributed by atoms with Crippen LogP contribution in [0.25, 0.3) is 0 Å². The van der Waals surface area contributed by atoms with E-state index in [1.807, 2.05) is 13.0 Å². The van der Waals surface area contributed by atoms with Crippen molar-refractivity contribution in [3.63, 3.8) is 0 Å². The molecular weight excluding hydrogens is 108 g/mol. The molecule has 1 nitrogen and oxygen atoms in total. The highest BCUT2D eigenvalue weighted by Crippen LogP contribution is 1.87. The molecule has 0 unspecified atom stereocenters. The van der Waals surface area contributed by atoms with Crippen molar-refractivity contribution in [2.45, 2.75) is 13.3 Å². The third-order valence-corrected chi connectivity index (χ3v) is 0.687. The van der Waals surface area contributed by atoms with E-state index >= 15 is 0 Å². The van der Waals surface area contributed by atoms with Crippen molar-refractivity contribution >= 4 is 17.7 Å². The summed E-state index contributed by atoms with van der Waals surface area (Å²) in [5.41, 5.74) is 0. The first-order valence-electron chi connectivity index (χ1n) is 2.08. The maximum absolute atomic E-state index is 9.97. The Labute approximate surface area is 48.8 Å². The first kappa shape index (κ1) is 6.63. The molecule has 7 heavy (non-hydrogen) atoms. The van der Waals surface area contributed by atoms with E-state index in [0.717, 1.165) is 0 Å².